The van der Waals surface area contributed by atoms with Gasteiger partial charge in [-0.15, -0.1) is 34.4 Å². The highest BCUT2D eigenvalue weighted by Gasteiger charge is 2.34. The molecule has 6 aromatic rings. The molecule has 0 amide bonds. The molecule has 1 aliphatic heterocycles. The van der Waals surface area contributed by atoms with Crippen LogP contribution in [0.4, 0.5) is 0 Å². The molecule has 0 N–H and O–H groups in total. The van der Waals surface area contributed by atoms with Crippen molar-refractivity contribution in [1.29, 1.82) is 0 Å². The first-order valence-electron chi connectivity index (χ1n) is 10.3. The van der Waals surface area contributed by atoms with Crippen molar-refractivity contribution >= 4 is 88.4 Å². The largest absolute Gasteiger partial charge is 0.301 e. The molecular formula is C26H13NS3. The van der Waals surface area contributed by atoms with E-state index in [9.17, 15) is 0 Å². The van der Waals surface area contributed by atoms with Crippen molar-refractivity contribution in [3.63, 3.8) is 0 Å². The minimum atomic E-state index is 0.461. The summed E-state index contributed by atoms with van der Waals surface area (Å²) in [7, 11) is 0. The third-order valence-corrected chi connectivity index (χ3v) is 10.4. The molecule has 2 aliphatic carbocycles. The van der Waals surface area contributed by atoms with Crippen LogP contribution in [-0.2, 0) is 6.42 Å². The van der Waals surface area contributed by atoms with Crippen molar-refractivity contribution in [3.05, 3.63) is 69.9 Å². The summed E-state index contributed by atoms with van der Waals surface area (Å²) in [5.41, 5.74) is 5.81. The number of hydrogen-bond donors (Lipinski definition) is 0. The maximum Gasteiger partial charge on any atom is 0.102 e. The van der Waals surface area contributed by atoms with Gasteiger partial charge in [0.15, 0.2) is 0 Å². The summed E-state index contributed by atoms with van der Waals surface area (Å²) >= 11 is 5.79. The number of hydrogen-bond acceptors (Lipinski definition) is 3. The second-order valence-electron chi connectivity index (χ2n) is 8.45. The molecule has 1 nitrogen and oxygen atoms in total. The molecule has 0 saturated heterocycles. The maximum absolute atomic E-state index is 2.55. The van der Waals surface area contributed by atoms with E-state index in [4.69, 9.17) is 0 Å². The molecule has 1 unspecified atom stereocenters. The highest BCUT2D eigenvalue weighted by atomic mass is 32.2. The first-order valence-corrected chi connectivity index (χ1v) is 12.8. The smallest absolute Gasteiger partial charge is 0.102 e. The second kappa shape index (κ2) is 4.86. The van der Waals surface area contributed by atoms with Gasteiger partial charge in [0.05, 0.1) is 16.1 Å². The number of nitrogens with zero attached hydrogens (tertiary/aromatic N) is 1. The van der Waals surface area contributed by atoms with Crippen LogP contribution in [0.3, 0.4) is 0 Å². The van der Waals surface area contributed by atoms with Gasteiger partial charge in [-0.3, -0.25) is 0 Å². The Balaban J connectivity index is 1.62. The van der Waals surface area contributed by atoms with Crippen LogP contribution in [0.15, 0.2) is 52.7 Å². The van der Waals surface area contributed by atoms with Crippen LogP contribution in [0.2, 0.25) is 0 Å². The zero-order chi connectivity index (χ0) is 19.1. The van der Waals surface area contributed by atoms with E-state index < -0.39 is 0 Å². The van der Waals surface area contributed by atoms with Crippen molar-refractivity contribution in [2.75, 3.05) is 0 Å². The predicted molar refractivity (Wildman–Crippen MR) is 133 cm³/mol. The summed E-state index contributed by atoms with van der Waals surface area (Å²) in [6, 6.07) is 14.1. The van der Waals surface area contributed by atoms with Gasteiger partial charge in [0, 0.05) is 30.5 Å². The van der Waals surface area contributed by atoms with Crippen molar-refractivity contribution in [1.82, 2.24) is 4.57 Å². The van der Waals surface area contributed by atoms with Gasteiger partial charge in [-0.2, -0.15) is 0 Å². The van der Waals surface area contributed by atoms with Crippen molar-refractivity contribution in [3.8, 4) is 5.00 Å². The van der Waals surface area contributed by atoms with Gasteiger partial charge in [-0.1, -0.05) is 30.4 Å². The lowest BCUT2D eigenvalue weighted by Gasteiger charge is -2.19. The molecule has 0 fully saturated rings. The van der Waals surface area contributed by atoms with Gasteiger partial charge >= 0.3 is 0 Å². The lowest BCUT2D eigenvalue weighted by molar-refractivity contribution is 1.10. The summed E-state index contributed by atoms with van der Waals surface area (Å²) < 4.78 is 5.34. The summed E-state index contributed by atoms with van der Waals surface area (Å²) in [5.74, 6) is 0. The van der Waals surface area contributed by atoms with E-state index in [1.807, 2.05) is 34.4 Å². The average Bonchev–Trinajstić information content (AvgIpc) is 3.51. The van der Waals surface area contributed by atoms with Crippen molar-refractivity contribution < 1.29 is 0 Å². The molecule has 0 spiro atoms. The molecule has 4 heteroatoms. The molecule has 3 aliphatic rings. The van der Waals surface area contributed by atoms with Crippen molar-refractivity contribution in [2.45, 2.75) is 16.6 Å². The third kappa shape index (κ3) is 1.54. The third-order valence-electron chi connectivity index (χ3n) is 7.10. The quantitative estimate of drug-likeness (QED) is 0.243. The fourth-order valence-electron chi connectivity index (χ4n) is 5.98. The molecule has 0 radical (unpaired) electrons. The molecule has 0 bridgehead atoms. The molecule has 1 atom stereocenters. The van der Waals surface area contributed by atoms with E-state index in [0.29, 0.717) is 5.25 Å². The van der Waals surface area contributed by atoms with E-state index in [1.165, 1.54) is 68.2 Å². The van der Waals surface area contributed by atoms with E-state index in [1.54, 1.807) is 5.56 Å². The summed E-state index contributed by atoms with van der Waals surface area (Å²) in [4.78, 5) is 1.46. The number of aromatic nitrogens is 1. The summed E-state index contributed by atoms with van der Waals surface area (Å²) in [5, 5.41) is 12.9. The van der Waals surface area contributed by atoms with Crippen LogP contribution in [0, 0.1) is 0 Å². The molecule has 0 saturated carbocycles. The molecule has 3 aromatic carbocycles. The molecule has 9 rings (SSSR count). The highest BCUT2D eigenvalue weighted by Crippen LogP contribution is 2.57. The summed E-state index contributed by atoms with van der Waals surface area (Å²) in [6.07, 6.45) is 8.25. The Bertz CT molecular complexity index is 1830. The molecule has 140 valence electrons. The Kier molecular flexibility index (Phi) is 2.48. The Labute approximate surface area is 183 Å². The average molecular weight is 436 g/mol. The minimum absolute atomic E-state index is 0.461. The van der Waals surface area contributed by atoms with Gasteiger partial charge < -0.3 is 4.57 Å². The number of thioether (sulfide) groups is 1. The SMILES string of the molecule is C1=CC2Sc3ccc4c5c3c2c2c1ccc1c2c5c(n1-c1cc2sccc2s1)=CC4. The summed E-state index contributed by atoms with van der Waals surface area (Å²) in [6.45, 7) is 0. The molecule has 3 aromatic heterocycles. The monoisotopic (exact) mass is 435 g/mol. The van der Waals surface area contributed by atoms with Gasteiger partial charge in [-0.05, 0) is 63.5 Å². The Morgan fingerprint density at radius 1 is 0.900 bits per heavy atom. The molecule has 4 heterocycles. The normalized spacial score (nSPS) is 18.2. The predicted octanol–water partition coefficient (Wildman–Crippen LogP) is 7.44. The van der Waals surface area contributed by atoms with Crippen LogP contribution in [-0.4, -0.2) is 4.57 Å². The van der Waals surface area contributed by atoms with Crippen molar-refractivity contribution in [2.24, 2.45) is 0 Å². The van der Waals surface area contributed by atoms with Gasteiger partial charge in [0.1, 0.15) is 5.00 Å². The minimum Gasteiger partial charge on any atom is -0.301 e. The second-order valence-corrected chi connectivity index (χ2v) is 11.6. The number of rotatable bonds is 1. The van der Waals surface area contributed by atoms with E-state index in [-0.39, 0.29) is 0 Å². The zero-order valence-corrected chi connectivity index (χ0v) is 18.2. The molecular weight excluding hydrogens is 422 g/mol. The van der Waals surface area contributed by atoms with Crippen LogP contribution < -0.4 is 5.35 Å². The lowest BCUT2D eigenvalue weighted by atomic mass is 9.84. The number of fused-ring (bicyclic) bond motifs is 1. The van der Waals surface area contributed by atoms with Crippen LogP contribution in [0.25, 0.3) is 59.0 Å². The standard InChI is InChI=1S/C26H13NS3/c1-5-14-23-21-12(1)3-7-17-25(21)26-18(29-17)8-4-13-2-6-15(24(23)22(13)26)27(14)20-11-19-16(30-20)9-10-28-19/h1,3-11,17H,2H2. The van der Waals surface area contributed by atoms with E-state index >= 15 is 0 Å². The highest BCUT2D eigenvalue weighted by molar-refractivity contribution is 8.00. The molecule has 30 heavy (non-hydrogen) atoms. The van der Waals surface area contributed by atoms with Gasteiger partial charge in [0.2, 0.25) is 0 Å². The number of thiophene rings is 2. The van der Waals surface area contributed by atoms with Gasteiger partial charge in [0.25, 0.3) is 0 Å². The first-order chi connectivity index (χ1) is 14.9. The van der Waals surface area contributed by atoms with E-state index in [2.05, 4.69) is 64.6 Å². The van der Waals surface area contributed by atoms with Crippen LogP contribution in [0.5, 0.6) is 0 Å². The Hall–Kier alpha value is -2.53. The first kappa shape index (κ1) is 15.3. The fraction of sp³-hybridized carbons (Fsp3) is 0.0769. The van der Waals surface area contributed by atoms with Crippen LogP contribution >= 0.6 is 34.4 Å². The van der Waals surface area contributed by atoms with Crippen LogP contribution in [0.1, 0.15) is 21.9 Å². The Morgan fingerprint density at radius 3 is 2.87 bits per heavy atom. The fourth-order valence-corrected chi connectivity index (χ4v) is 9.37. The van der Waals surface area contributed by atoms with Gasteiger partial charge in [-0.25, -0.2) is 0 Å². The lowest BCUT2D eigenvalue weighted by Crippen LogP contribution is -2.16. The maximum atomic E-state index is 2.55. The topological polar surface area (TPSA) is 4.93 Å². The number of benzene rings is 3. The zero-order valence-electron chi connectivity index (χ0n) is 15.7. The Morgan fingerprint density at radius 2 is 1.90 bits per heavy atom. The van der Waals surface area contributed by atoms with E-state index in [0.717, 1.165) is 6.42 Å².